The number of ether oxygens (including phenoxy) is 2. The molecule has 9 heteroatoms. The van der Waals surface area contributed by atoms with Crippen LogP contribution in [0.3, 0.4) is 0 Å². The molecule has 3 N–H and O–H groups in total. The molecule has 1 aliphatic rings. The summed E-state index contributed by atoms with van der Waals surface area (Å²) in [5, 5.41) is 15.2. The van der Waals surface area contributed by atoms with Gasteiger partial charge in [0.2, 0.25) is 0 Å². The minimum absolute atomic E-state index is 0.0603. The maximum absolute atomic E-state index is 12.2. The molecule has 2 heterocycles. The number of hydrogen-bond acceptors (Lipinski definition) is 7. The van der Waals surface area contributed by atoms with Crippen LogP contribution in [0.15, 0.2) is 40.1 Å². The number of rotatable bonds is 6. The molecule has 3 rings (SSSR count). The maximum Gasteiger partial charge on any atom is 0.338 e. The molecule has 28 heavy (non-hydrogen) atoms. The van der Waals surface area contributed by atoms with E-state index < -0.39 is 24.0 Å². The van der Waals surface area contributed by atoms with E-state index in [-0.39, 0.29) is 36.7 Å². The number of benzene rings is 1. The molecule has 1 aromatic heterocycles. The Bertz CT molecular complexity index is 960. The number of phenolic OH excluding ortho intramolecular Hbond substituents is 1. The molecule has 0 spiro atoms. The molecule has 0 saturated carbocycles. The fraction of sp³-hybridized carbons (Fsp3) is 0.316. The molecule has 9 nitrogen and oxygen atoms in total. The number of amides is 2. The highest BCUT2D eigenvalue weighted by Crippen LogP contribution is 2.25. The van der Waals surface area contributed by atoms with Gasteiger partial charge >= 0.3 is 18.0 Å². The predicted molar refractivity (Wildman–Crippen MR) is 97.3 cm³/mol. The third-order valence-electron chi connectivity index (χ3n) is 4.22. The van der Waals surface area contributed by atoms with Crippen LogP contribution in [0.5, 0.6) is 5.75 Å². The molecular formula is C19H20N2O7. The average molecular weight is 388 g/mol. The lowest BCUT2D eigenvalue weighted by Gasteiger charge is -2.26. The number of urea groups is 1. The topological polar surface area (TPSA) is 127 Å². The summed E-state index contributed by atoms with van der Waals surface area (Å²) in [6.45, 7) is 3.22. The number of aromatic hydroxyl groups is 1. The van der Waals surface area contributed by atoms with Crippen molar-refractivity contribution < 1.29 is 33.4 Å². The molecule has 0 bridgehead atoms. The lowest BCUT2D eigenvalue weighted by Crippen LogP contribution is -2.50. The molecule has 0 aliphatic carbocycles. The van der Waals surface area contributed by atoms with Crippen molar-refractivity contribution in [2.75, 3.05) is 13.2 Å². The first-order valence-electron chi connectivity index (χ1n) is 8.71. The fourth-order valence-corrected chi connectivity index (χ4v) is 2.96. The monoisotopic (exact) mass is 388 g/mol. The molecule has 148 valence electrons. The van der Waals surface area contributed by atoms with Crippen LogP contribution >= 0.6 is 0 Å². The molecule has 0 unspecified atom stereocenters. The SMILES string of the molecule is CCOC(=O)C1=C(COC(=O)Cc2coc3cc(O)ccc23)NC(=O)N[C@@H]1C. The average Bonchev–Trinajstić information content (AvgIpc) is 3.01. The van der Waals surface area contributed by atoms with Crippen molar-refractivity contribution >= 4 is 28.9 Å². The van der Waals surface area contributed by atoms with Crippen molar-refractivity contribution in [1.29, 1.82) is 0 Å². The molecule has 2 aromatic rings. The second kappa shape index (κ2) is 8.03. The van der Waals surface area contributed by atoms with Gasteiger partial charge in [0, 0.05) is 17.0 Å². The number of hydrogen-bond donors (Lipinski definition) is 3. The van der Waals surface area contributed by atoms with Gasteiger partial charge < -0.3 is 29.6 Å². The van der Waals surface area contributed by atoms with Crippen LogP contribution in [0.4, 0.5) is 4.79 Å². The van der Waals surface area contributed by atoms with Crippen LogP contribution in [-0.4, -0.2) is 42.3 Å². The van der Waals surface area contributed by atoms with E-state index in [4.69, 9.17) is 13.9 Å². The van der Waals surface area contributed by atoms with Gasteiger partial charge in [0.1, 0.15) is 17.9 Å². The third kappa shape index (κ3) is 4.08. The highest BCUT2D eigenvalue weighted by atomic mass is 16.5. The fourth-order valence-electron chi connectivity index (χ4n) is 2.96. The lowest BCUT2D eigenvalue weighted by atomic mass is 10.0. The predicted octanol–water partition coefficient (Wildman–Crippen LogP) is 1.74. The Balaban J connectivity index is 1.71. The summed E-state index contributed by atoms with van der Waals surface area (Å²) in [5.74, 6) is -1.09. The van der Waals surface area contributed by atoms with Crippen molar-refractivity contribution in [3.63, 3.8) is 0 Å². The second-order valence-corrected chi connectivity index (χ2v) is 6.21. The first kappa shape index (κ1) is 19.3. The molecule has 0 saturated heterocycles. The zero-order chi connectivity index (χ0) is 20.3. The standard InChI is InChI=1S/C19H20N2O7/c1-3-26-18(24)17-10(2)20-19(25)21-14(17)9-28-16(23)6-11-8-27-15-7-12(22)4-5-13(11)15/h4-5,7-8,10,22H,3,6,9H2,1-2H3,(H2,20,21,25)/t10-/m1/s1. The van der Waals surface area contributed by atoms with Gasteiger partial charge in [-0.25, -0.2) is 9.59 Å². The maximum atomic E-state index is 12.2. The van der Waals surface area contributed by atoms with E-state index in [9.17, 15) is 19.5 Å². The highest BCUT2D eigenvalue weighted by molar-refractivity contribution is 5.95. The Labute approximate surface area is 160 Å². The van der Waals surface area contributed by atoms with Crippen molar-refractivity contribution in [2.24, 2.45) is 0 Å². The summed E-state index contributed by atoms with van der Waals surface area (Å²) in [6.07, 6.45) is 1.35. The van der Waals surface area contributed by atoms with E-state index >= 15 is 0 Å². The van der Waals surface area contributed by atoms with Crippen LogP contribution in [0, 0.1) is 0 Å². The quantitative estimate of drug-likeness (QED) is 0.643. The number of esters is 2. The van der Waals surface area contributed by atoms with Gasteiger partial charge in [-0.2, -0.15) is 0 Å². The summed E-state index contributed by atoms with van der Waals surface area (Å²) in [4.78, 5) is 36.1. The van der Waals surface area contributed by atoms with Crippen molar-refractivity contribution in [2.45, 2.75) is 26.3 Å². The van der Waals surface area contributed by atoms with Crippen LogP contribution in [-0.2, 0) is 25.5 Å². The van der Waals surface area contributed by atoms with Gasteiger partial charge in [-0.05, 0) is 26.0 Å². The van der Waals surface area contributed by atoms with E-state index in [1.807, 2.05) is 0 Å². The zero-order valence-corrected chi connectivity index (χ0v) is 15.4. The Morgan fingerprint density at radius 3 is 2.82 bits per heavy atom. The van der Waals surface area contributed by atoms with Crippen molar-refractivity contribution in [3.05, 3.63) is 41.3 Å². The van der Waals surface area contributed by atoms with Gasteiger partial charge in [0.15, 0.2) is 0 Å². The third-order valence-corrected chi connectivity index (χ3v) is 4.22. The molecule has 0 radical (unpaired) electrons. The lowest BCUT2D eigenvalue weighted by molar-refractivity contribution is -0.143. The summed E-state index contributed by atoms with van der Waals surface area (Å²) in [5.41, 5.74) is 1.44. The minimum Gasteiger partial charge on any atom is -0.508 e. The Hall–Kier alpha value is -3.49. The summed E-state index contributed by atoms with van der Waals surface area (Å²) < 4.78 is 15.6. The van der Waals surface area contributed by atoms with E-state index in [2.05, 4.69) is 10.6 Å². The van der Waals surface area contributed by atoms with E-state index in [1.165, 1.54) is 18.4 Å². The van der Waals surface area contributed by atoms with E-state index in [1.54, 1.807) is 19.9 Å². The molecule has 1 atom stereocenters. The van der Waals surface area contributed by atoms with Crippen molar-refractivity contribution in [1.82, 2.24) is 10.6 Å². The largest absolute Gasteiger partial charge is 0.508 e. The number of carbonyl (C=O) groups is 3. The summed E-state index contributed by atoms with van der Waals surface area (Å²) in [6, 6.07) is 3.52. The van der Waals surface area contributed by atoms with Crippen LogP contribution in [0.25, 0.3) is 11.0 Å². The smallest absolute Gasteiger partial charge is 0.338 e. The summed E-state index contributed by atoms with van der Waals surface area (Å²) >= 11 is 0. The minimum atomic E-state index is -0.589. The van der Waals surface area contributed by atoms with E-state index in [0.29, 0.717) is 16.5 Å². The number of phenols is 1. The van der Waals surface area contributed by atoms with Gasteiger partial charge in [-0.15, -0.1) is 0 Å². The van der Waals surface area contributed by atoms with E-state index in [0.717, 1.165) is 0 Å². The first-order chi connectivity index (χ1) is 13.4. The van der Waals surface area contributed by atoms with Crippen molar-refractivity contribution in [3.8, 4) is 5.75 Å². The molecular weight excluding hydrogens is 368 g/mol. The van der Waals surface area contributed by atoms with Gasteiger partial charge in [-0.3, -0.25) is 4.79 Å². The Morgan fingerprint density at radius 2 is 2.07 bits per heavy atom. The molecule has 1 aliphatic heterocycles. The summed E-state index contributed by atoms with van der Waals surface area (Å²) in [7, 11) is 0. The number of carbonyl (C=O) groups excluding carboxylic acids is 3. The molecule has 0 fully saturated rings. The first-order valence-corrected chi connectivity index (χ1v) is 8.71. The second-order valence-electron chi connectivity index (χ2n) is 6.21. The van der Waals surface area contributed by atoms with Crippen LogP contribution in [0.2, 0.25) is 0 Å². The van der Waals surface area contributed by atoms with Gasteiger partial charge in [0.25, 0.3) is 0 Å². The van der Waals surface area contributed by atoms with Crippen LogP contribution in [0.1, 0.15) is 19.4 Å². The molecule has 2 amide bonds. The number of nitrogens with one attached hydrogen (secondary N) is 2. The Morgan fingerprint density at radius 1 is 1.29 bits per heavy atom. The highest BCUT2D eigenvalue weighted by Gasteiger charge is 2.30. The normalized spacial score (nSPS) is 16.5. The Kier molecular flexibility index (Phi) is 5.53. The number of furan rings is 1. The van der Waals surface area contributed by atoms with Crippen LogP contribution < -0.4 is 10.6 Å². The molecule has 1 aromatic carbocycles. The zero-order valence-electron chi connectivity index (χ0n) is 15.4. The van der Waals surface area contributed by atoms with Gasteiger partial charge in [-0.1, -0.05) is 0 Å². The van der Waals surface area contributed by atoms with Gasteiger partial charge in [0.05, 0.1) is 36.6 Å². The number of fused-ring (bicyclic) bond motifs is 1.